The molecule has 20 heavy (non-hydrogen) atoms. The fourth-order valence-corrected chi connectivity index (χ4v) is 3.15. The van der Waals surface area contributed by atoms with E-state index in [0.717, 1.165) is 19.6 Å². The summed E-state index contributed by atoms with van der Waals surface area (Å²) < 4.78 is 0. The molecule has 1 fully saturated rings. The lowest BCUT2D eigenvalue weighted by atomic mass is 9.86. The molecule has 3 heteroatoms. The third-order valence-electron chi connectivity index (χ3n) is 4.30. The summed E-state index contributed by atoms with van der Waals surface area (Å²) in [4.78, 5) is 2.53. The van der Waals surface area contributed by atoms with Crippen LogP contribution in [0.3, 0.4) is 0 Å². The molecule has 0 radical (unpaired) electrons. The first-order valence-corrected chi connectivity index (χ1v) is 7.80. The van der Waals surface area contributed by atoms with Crippen LogP contribution in [-0.4, -0.2) is 30.6 Å². The number of piperazine rings is 1. The third kappa shape index (κ3) is 3.43. The van der Waals surface area contributed by atoms with Crippen molar-refractivity contribution in [3.63, 3.8) is 0 Å². The molecular formula is C17H25ClN2. The molecule has 2 rings (SSSR count). The van der Waals surface area contributed by atoms with E-state index in [2.05, 4.69) is 61.3 Å². The molecule has 1 saturated heterocycles. The minimum Gasteiger partial charge on any atom is -0.305 e. The molecule has 1 heterocycles. The first kappa shape index (κ1) is 15.6. The molecule has 2 nitrogen and oxygen atoms in total. The van der Waals surface area contributed by atoms with Gasteiger partial charge < -0.3 is 5.32 Å². The van der Waals surface area contributed by atoms with E-state index in [-0.39, 0.29) is 5.54 Å². The number of benzene rings is 1. The van der Waals surface area contributed by atoms with Gasteiger partial charge in [-0.05, 0) is 18.4 Å². The SMILES string of the molecule is CC(C)C1CNC(C)(c2ccccc2)CN1C/C=C/Cl. The summed E-state index contributed by atoms with van der Waals surface area (Å²) in [7, 11) is 0. The fraction of sp³-hybridized carbons (Fsp3) is 0.529. The number of halogens is 1. The van der Waals surface area contributed by atoms with Gasteiger partial charge in [-0.3, -0.25) is 4.90 Å². The van der Waals surface area contributed by atoms with Crippen molar-refractivity contribution in [2.75, 3.05) is 19.6 Å². The molecule has 2 unspecified atom stereocenters. The van der Waals surface area contributed by atoms with Crippen LogP contribution >= 0.6 is 11.6 Å². The predicted octanol–water partition coefficient (Wildman–Crippen LogP) is 3.58. The van der Waals surface area contributed by atoms with Crippen LogP contribution in [0.15, 0.2) is 41.9 Å². The summed E-state index contributed by atoms with van der Waals surface area (Å²) >= 11 is 5.71. The number of nitrogens with zero attached hydrogens (tertiary/aromatic N) is 1. The van der Waals surface area contributed by atoms with Crippen LogP contribution < -0.4 is 5.32 Å². The first-order valence-electron chi connectivity index (χ1n) is 7.36. The van der Waals surface area contributed by atoms with Gasteiger partial charge in [0, 0.05) is 31.2 Å². The van der Waals surface area contributed by atoms with Crippen LogP contribution in [-0.2, 0) is 5.54 Å². The Morgan fingerprint density at radius 3 is 2.70 bits per heavy atom. The van der Waals surface area contributed by atoms with Gasteiger partial charge in [0.1, 0.15) is 0 Å². The van der Waals surface area contributed by atoms with Gasteiger partial charge in [-0.1, -0.05) is 61.9 Å². The summed E-state index contributed by atoms with van der Waals surface area (Å²) in [5.41, 5.74) is 2.98. The Kier molecular flexibility index (Phi) is 5.25. The van der Waals surface area contributed by atoms with Crippen molar-refractivity contribution in [3.8, 4) is 0 Å². The average Bonchev–Trinajstić information content (AvgIpc) is 2.46. The number of rotatable bonds is 4. The molecule has 2 atom stereocenters. The Morgan fingerprint density at radius 2 is 2.10 bits per heavy atom. The molecule has 0 aliphatic carbocycles. The molecule has 0 spiro atoms. The first-order chi connectivity index (χ1) is 9.57. The Balaban J connectivity index is 2.19. The van der Waals surface area contributed by atoms with Crippen molar-refractivity contribution in [2.24, 2.45) is 5.92 Å². The molecule has 0 bridgehead atoms. The van der Waals surface area contributed by atoms with E-state index >= 15 is 0 Å². The predicted molar refractivity (Wildman–Crippen MR) is 87.0 cm³/mol. The van der Waals surface area contributed by atoms with Crippen LogP contribution in [0.25, 0.3) is 0 Å². The highest BCUT2D eigenvalue weighted by Crippen LogP contribution is 2.28. The minimum absolute atomic E-state index is 0.00675. The fourth-order valence-electron chi connectivity index (χ4n) is 3.07. The van der Waals surface area contributed by atoms with E-state index in [1.54, 1.807) is 5.54 Å². The van der Waals surface area contributed by atoms with E-state index in [9.17, 15) is 0 Å². The Morgan fingerprint density at radius 1 is 1.40 bits per heavy atom. The van der Waals surface area contributed by atoms with Gasteiger partial charge in [0.25, 0.3) is 0 Å². The van der Waals surface area contributed by atoms with Crippen molar-refractivity contribution in [1.29, 1.82) is 0 Å². The summed E-state index contributed by atoms with van der Waals surface area (Å²) in [6, 6.07) is 11.3. The minimum atomic E-state index is 0.00675. The second kappa shape index (κ2) is 6.75. The third-order valence-corrected chi connectivity index (χ3v) is 4.48. The van der Waals surface area contributed by atoms with Crippen LogP contribution in [0.5, 0.6) is 0 Å². The zero-order chi connectivity index (χ0) is 14.6. The maximum atomic E-state index is 5.71. The summed E-state index contributed by atoms with van der Waals surface area (Å²) in [5.74, 6) is 0.631. The van der Waals surface area contributed by atoms with Gasteiger partial charge in [0.2, 0.25) is 0 Å². The van der Waals surface area contributed by atoms with Crippen molar-refractivity contribution in [2.45, 2.75) is 32.4 Å². The number of hydrogen-bond donors (Lipinski definition) is 1. The summed E-state index contributed by atoms with van der Waals surface area (Å²) in [6.07, 6.45) is 2.04. The molecule has 1 aromatic carbocycles. The van der Waals surface area contributed by atoms with Gasteiger partial charge in [-0.25, -0.2) is 0 Å². The molecule has 1 aliphatic heterocycles. The van der Waals surface area contributed by atoms with Crippen molar-refractivity contribution < 1.29 is 0 Å². The topological polar surface area (TPSA) is 15.3 Å². The lowest BCUT2D eigenvalue weighted by Crippen LogP contribution is -2.62. The van der Waals surface area contributed by atoms with Crippen molar-refractivity contribution in [3.05, 3.63) is 47.5 Å². The maximum absolute atomic E-state index is 5.71. The average molecular weight is 293 g/mol. The van der Waals surface area contributed by atoms with Crippen LogP contribution in [0.2, 0.25) is 0 Å². The molecule has 0 saturated carbocycles. The lowest BCUT2D eigenvalue weighted by molar-refractivity contribution is 0.0715. The van der Waals surface area contributed by atoms with E-state index in [4.69, 9.17) is 11.6 Å². The lowest BCUT2D eigenvalue weighted by Gasteiger charge is -2.47. The Bertz CT molecular complexity index is 444. The van der Waals surface area contributed by atoms with Gasteiger partial charge in [-0.15, -0.1) is 0 Å². The smallest absolute Gasteiger partial charge is 0.0535 e. The van der Waals surface area contributed by atoms with E-state index < -0.39 is 0 Å². The highest BCUT2D eigenvalue weighted by atomic mass is 35.5. The Hall–Kier alpha value is -0.830. The van der Waals surface area contributed by atoms with Crippen molar-refractivity contribution >= 4 is 11.6 Å². The van der Waals surface area contributed by atoms with Gasteiger partial charge >= 0.3 is 0 Å². The quantitative estimate of drug-likeness (QED) is 0.912. The van der Waals surface area contributed by atoms with Crippen LogP contribution in [0, 0.1) is 5.92 Å². The second-order valence-corrected chi connectivity index (χ2v) is 6.43. The standard InChI is InChI=1S/C17H25ClN2/c1-14(2)16-12-19-17(3,13-20(16)11-7-10-18)15-8-5-4-6-9-15/h4-10,14,16,19H,11-13H2,1-3H3/b10-7+. The van der Waals surface area contributed by atoms with Gasteiger partial charge in [-0.2, -0.15) is 0 Å². The zero-order valence-electron chi connectivity index (χ0n) is 12.6. The summed E-state index contributed by atoms with van der Waals surface area (Å²) in [6.45, 7) is 9.79. The summed E-state index contributed by atoms with van der Waals surface area (Å²) in [5, 5.41) is 3.75. The van der Waals surface area contributed by atoms with Gasteiger partial charge in [0.15, 0.2) is 0 Å². The normalized spacial score (nSPS) is 28.4. The van der Waals surface area contributed by atoms with Gasteiger partial charge in [0.05, 0.1) is 5.54 Å². The van der Waals surface area contributed by atoms with E-state index in [1.165, 1.54) is 5.56 Å². The van der Waals surface area contributed by atoms with Crippen LogP contribution in [0.1, 0.15) is 26.3 Å². The van der Waals surface area contributed by atoms with Crippen LogP contribution in [0.4, 0.5) is 0 Å². The number of nitrogens with one attached hydrogen (secondary N) is 1. The number of hydrogen-bond acceptors (Lipinski definition) is 2. The van der Waals surface area contributed by atoms with Crippen molar-refractivity contribution in [1.82, 2.24) is 10.2 Å². The Labute approximate surface area is 127 Å². The maximum Gasteiger partial charge on any atom is 0.0535 e. The zero-order valence-corrected chi connectivity index (χ0v) is 13.4. The molecular weight excluding hydrogens is 268 g/mol. The second-order valence-electron chi connectivity index (χ2n) is 6.18. The molecule has 110 valence electrons. The highest BCUT2D eigenvalue weighted by molar-refractivity contribution is 6.25. The molecule has 0 amide bonds. The molecule has 0 aromatic heterocycles. The van der Waals surface area contributed by atoms with E-state index in [0.29, 0.717) is 12.0 Å². The van der Waals surface area contributed by atoms with E-state index in [1.807, 2.05) is 6.08 Å². The monoisotopic (exact) mass is 292 g/mol. The largest absolute Gasteiger partial charge is 0.305 e. The molecule has 1 aliphatic rings. The molecule has 1 N–H and O–H groups in total. The molecule has 1 aromatic rings. The highest BCUT2D eigenvalue weighted by Gasteiger charge is 2.37.